The van der Waals surface area contributed by atoms with E-state index in [1.54, 1.807) is 10.4 Å². The number of piperidine rings is 1. The number of nitrogens with one attached hydrogen (secondary N) is 1. The topological polar surface area (TPSA) is 66.5 Å². The molecule has 0 radical (unpaired) electrons. The summed E-state index contributed by atoms with van der Waals surface area (Å²) in [5, 5.41) is 3.30. The van der Waals surface area contributed by atoms with E-state index in [4.69, 9.17) is 0 Å². The molecule has 5 fully saturated rings. The van der Waals surface area contributed by atoms with Gasteiger partial charge >= 0.3 is 0 Å². The Hall–Kier alpha value is -0.920. The SMILES string of the molecule is CC(NC(=O)Cc1ccc(S(=O)(=O)N2CCCCC2)s1)C12CC3CC(CC(C3)C1)C2. The maximum Gasteiger partial charge on any atom is 0.252 e. The van der Waals surface area contributed by atoms with Crippen molar-refractivity contribution >= 4 is 27.3 Å². The third-order valence-electron chi connectivity index (χ3n) is 8.26. The van der Waals surface area contributed by atoms with E-state index in [9.17, 15) is 13.2 Å². The van der Waals surface area contributed by atoms with E-state index < -0.39 is 10.0 Å². The van der Waals surface area contributed by atoms with Gasteiger partial charge in [0, 0.05) is 24.0 Å². The molecule has 1 aromatic rings. The van der Waals surface area contributed by atoms with E-state index >= 15 is 0 Å². The van der Waals surface area contributed by atoms with Gasteiger partial charge in [0.2, 0.25) is 5.91 Å². The number of nitrogens with zero attached hydrogens (tertiary/aromatic N) is 1. The highest BCUT2D eigenvalue weighted by atomic mass is 32.2. The van der Waals surface area contributed by atoms with Gasteiger partial charge < -0.3 is 5.32 Å². The predicted molar refractivity (Wildman–Crippen MR) is 119 cm³/mol. The number of amides is 1. The van der Waals surface area contributed by atoms with E-state index in [0.29, 0.717) is 22.7 Å². The van der Waals surface area contributed by atoms with Gasteiger partial charge in [0.1, 0.15) is 4.21 Å². The van der Waals surface area contributed by atoms with E-state index in [2.05, 4.69) is 12.2 Å². The van der Waals surface area contributed by atoms with Crippen molar-refractivity contribution < 1.29 is 13.2 Å². The molecule has 166 valence electrons. The predicted octanol–water partition coefficient (Wildman–Crippen LogP) is 4.19. The van der Waals surface area contributed by atoms with Crippen LogP contribution >= 0.6 is 11.3 Å². The lowest BCUT2D eigenvalue weighted by Crippen LogP contribution is -2.56. The van der Waals surface area contributed by atoms with Crippen molar-refractivity contribution in [3.8, 4) is 0 Å². The molecule has 1 amide bonds. The van der Waals surface area contributed by atoms with Gasteiger partial charge in [-0.05, 0) is 93.6 Å². The molecule has 1 atom stereocenters. The number of sulfonamides is 1. The Morgan fingerprint density at radius 1 is 1.10 bits per heavy atom. The average molecular weight is 451 g/mol. The summed E-state index contributed by atoms with van der Waals surface area (Å²) in [6.07, 6.45) is 11.3. The van der Waals surface area contributed by atoms with Gasteiger partial charge in [-0.15, -0.1) is 11.3 Å². The van der Waals surface area contributed by atoms with Crippen LogP contribution in [-0.2, 0) is 21.2 Å². The molecule has 0 spiro atoms. The molecule has 6 rings (SSSR count). The lowest BCUT2D eigenvalue weighted by Gasteiger charge is -2.59. The Bertz CT molecular complexity index is 866. The van der Waals surface area contributed by atoms with Crippen molar-refractivity contribution in [1.82, 2.24) is 9.62 Å². The largest absolute Gasteiger partial charge is 0.353 e. The van der Waals surface area contributed by atoms with Crippen LogP contribution in [0.2, 0.25) is 0 Å². The van der Waals surface area contributed by atoms with Crippen molar-refractivity contribution in [1.29, 1.82) is 0 Å². The second kappa shape index (κ2) is 7.89. The molecule has 4 aliphatic carbocycles. The number of rotatable bonds is 6. The number of hydrogen-bond acceptors (Lipinski definition) is 4. The molecule has 2 heterocycles. The average Bonchev–Trinajstić information content (AvgIpc) is 3.17. The molecule has 0 aromatic carbocycles. The van der Waals surface area contributed by atoms with Crippen LogP contribution in [0.5, 0.6) is 0 Å². The molecule has 4 bridgehead atoms. The molecular weight excluding hydrogens is 416 g/mol. The summed E-state index contributed by atoms with van der Waals surface area (Å²) in [6, 6.07) is 3.70. The zero-order chi connectivity index (χ0) is 20.9. The fourth-order valence-corrected chi connectivity index (χ4v) is 10.2. The van der Waals surface area contributed by atoms with Crippen LogP contribution in [0.3, 0.4) is 0 Å². The first-order valence-electron chi connectivity index (χ1n) is 11.7. The fraction of sp³-hybridized carbons (Fsp3) is 0.783. The highest BCUT2D eigenvalue weighted by Gasteiger charge is 2.53. The first-order valence-corrected chi connectivity index (χ1v) is 14.0. The minimum Gasteiger partial charge on any atom is -0.353 e. The maximum atomic E-state index is 12.9. The summed E-state index contributed by atoms with van der Waals surface area (Å²) in [4.78, 5) is 13.6. The number of carbonyl (C=O) groups is 1. The van der Waals surface area contributed by atoms with Crippen LogP contribution in [0.1, 0.15) is 69.6 Å². The molecular formula is C23H34N2O3S2. The van der Waals surface area contributed by atoms with E-state index in [1.807, 2.05) is 6.07 Å². The monoisotopic (exact) mass is 450 g/mol. The standard InChI is InChI=1S/C23H34N2O3S2/c1-16(23-13-17-9-18(14-23)11-19(10-17)15-23)24-21(26)12-20-5-6-22(29-20)30(27,28)25-7-3-2-4-8-25/h5-6,16-19H,2-4,7-15H2,1H3,(H,24,26). The normalized spacial score (nSPS) is 34.8. The van der Waals surface area contributed by atoms with E-state index in [-0.39, 0.29) is 18.4 Å². The first-order chi connectivity index (χ1) is 14.3. The second-order valence-corrected chi connectivity index (χ2v) is 13.8. The molecule has 7 heteroatoms. The third kappa shape index (κ3) is 3.86. The zero-order valence-corrected chi connectivity index (χ0v) is 19.6. The first kappa shape index (κ1) is 21.0. The van der Waals surface area contributed by atoms with E-state index in [1.165, 1.54) is 49.9 Å². The van der Waals surface area contributed by atoms with Crippen molar-refractivity contribution in [3.05, 3.63) is 17.0 Å². The summed E-state index contributed by atoms with van der Waals surface area (Å²) in [7, 11) is -3.41. The maximum absolute atomic E-state index is 12.9. The van der Waals surface area contributed by atoms with Crippen molar-refractivity contribution in [2.24, 2.45) is 23.2 Å². The second-order valence-electron chi connectivity index (χ2n) is 10.4. The van der Waals surface area contributed by atoms with Crippen LogP contribution < -0.4 is 5.32 Å². The molecule has 1 unspecified atom stereocenters. The lowest BCUT2D eigenvalue weighted by atomic mass is 9.48. The molecule has 1 aromatic heterocycles. The Morgan fingerprint density at radius 3 is 2.30 bits per heavy atom. The van der Waals surface area contributed by atoms with Gasteiger partial charge in [0.05, 0.1) is 6.42 Å². The Labute approximate surface area is 184 Å². The fourth-order valence-electron chi connectivity index (χ4n) is 7.14. The summed E-state index contributed by atoms with van der Waals surface area (Å²) >= 11 is 1.26. The molecule has 5 aliphatic rings. The van der Waals surface area contributed by atoms with Gasteiger partial charge in [-0.3, -0.25) is 4.79 Å². The molecule has 4 saturated carbocycles. The third-order valence-corrected chi connectivity index (χ3v) is 11.7. The highest BCUT2D eigenvalue weighted by molar-refractivity contribution is 7.91. The van der Waals surface area contributed by atoms with Crippen molar-refractivity contribution in [2.75, 3.05) is 13.1 Å². The smallest absolute Gasteiger partial charge is 0.252 e. The minimum atomic E-state index is -3.41. The van der Waals surface area contributed by atoms with Gasteiger partial charge in [-0.25, -0.2) is 8.42 Å². The van der Waals surface area contributed by atoms with E-state index in [0.717, 1.165) is 41.9 Å². The van der Waals surface area contributed by atoms with Gasteiger partial charge in [-0.1, -0.05) is 6.42 Å². The highest BCUT2D eigenvalue weighted by Crippen LogP contribution is 2.61. The number of thiophene rings is 1. The zero-order valence-electron chi connectivity index (χ0n) is 17.9. The number of hydrogen-bond donors (Lipinski definition) is 1. The van der Waals surface area contributed by atoms with Crippen LogP contribution in [0.15, 0.2) is 16.3 Å². The van der Waals surface area contributed by atoms with Crippen LogP contribution in [-0.4, -0.2) is 37.8 Å². The van der Waals surface area contributed by atoms with Crippen molar-refractivity contribution in [3.63, 3.8) is 0 Å². The molecule has 1 N–H and O–H groups in total. The van der Waals surface area contributed by atoms with Gasteiger partial charge in [0.25, 0.3) is 10.0 Å². The Kier molecular flexibility index (Phi) is 5.51. The quantitative estimate of drug-likeness (QED) is 0.707. The summed E-state index contributed by atoms with van der Waals surface area (Å²) in [5.41, 5.74) is 0.294. The summed E-state index contributed by atoms with van der Waals surface area (Å²) < 4.78 is 27.7. The minimum absolute atomic E-state index is 0.0296. The number of carbonyl (C=O) groups excluding carboxylic acids is 1. The van der Waals surface area contributed by atoms with Gasteiger partial charge in [-0.2, -0.15) is 4.31 Å². The summed E-state index contributed by atoms with van der Waals surface area (Å²) in [5.74, 6) is 2.64. The molecule has 30 heavy (non-hydrogen) atoms. The molecule has 1 saturated heterocycles. The lowest BCUT2D eigenvalue weighted by molar-refractivity contribution is -0.125. The van der Waals surface area contributed by atoms with Crippen LogP contribution in [0.4, 0.5) is 0 Å². The summed E-state index contributed by atoms with van der Waals surface area (Å²) in [6.45, 7) is 3.42. The van der Waals surface area contributed by atoms with Crippen LogP contribution in [0.25, 0.3) is 0 Å². The Morgan fingerprint density at radius 2 is 1.70 bits per heavy atom. The van der Waals surface area contributed by atoms with Crippen LogP contribution in [0, 0.1) is 23.2 Å². The molecule has 5 nitrogen and oxygen atoms in total. The Balaban J connectivity index is 1.21. The van der Waals surface area contributed by atoms with Gasteiger partial charge in [0.15, 0.2) is 0 Å². The molecule has 1 aliphatic heterocycles. The van der Waals surface area contributed by atoms with Crippen molar-refractivity contribution in [2.45, 2.75) is 81.4 Å².